The fraction of sp³-hybridized carbons (Fsp3) is 0.438. The largest absolute Gasteiger partial charge is 0.309 e. The topological polar surface area (TPSA) is 29.9 Å². The molecule has 1 N–H and O–H groups in total. The number of nitrogens with one attached hydrogen (secondary N) is 1. The second-order valence-corrected chi connectivity index (χ2v) is 5.03. The van der Waals surface area contributed by atoms with Gasteiger partial charge in [0.25, 0.3) is 0 Å². The van der Waals surface area contributed by atoms with Gasteiger partial charge in [-0.1, -0.05) is 31.2 Å². The highest BCUT2D eigenvalue weighted by molar-refractivity contribution is 5.38. The van der Waals surface area contributed by atoms with Gasteiger partial charge >= 0.3 is 0 Å². The molecule has 0 aliphatic rings. The number of rotatable bonds is 4. The molecule has 0 aliphatic heterocycles. The summed E-state index contributed by atoms with van der Waals surface area (Å²) in [6, 6.07) is 9.00. The van der Waals surface area contributed by atoms with Crippen molar-refractivity contribution in [2.75, 3.05) is 7.05 Å². The van der Waals surface area contributed by atoms with Gasteiger partial charge in [-0.2, -0.15) is 5.10 Å². The SMILES string of the molecule is CCc1cccc(C(NC)c2c(C)nn(C)c2C)c1. The van der Waals surface area contributed by atoms with Crippen LogP contribution in [0.1, 0.15) is 41.0 Å². The van der Waals surface area contributed by atoms with Crippen LogP contribution in [-0.4, -0.2) is 16.8 Å². The van der Waals surface area contributed by atoms with E-state index in [1.54, 1.807) is 0 Å². The third-order valence-electron chi connectivity index (χ3n) is 3.83. The Hall–Kier alpha value is -1.61. The van der Waals surface area contributed by atoms with Crippen molar-refractivity contribution in [1.29, 1.82) is 0 Å². The molecule has 0 spiro atoms. The molecule has 1 aromatic carbocycles. The second-order valence-electron chi connectivity index (χ2n) is 5.03. The quantitative estimate of drug-likeness (QED) is 0.912. The maximum atomic E-state index is 4.52. The molecule has 0 bridgehead atoms. The van der Waals surface area contributed by atoms with Gasteiger partial charge in [-0.3, -0.25) is 4.68 Å². The van der Waals surface area contributed by atoms with Gasteiger partial charge < -0.3 is 5.32 Å². The number of hydrogen-bond acceptors (Lipinski definition) is 2. The van der Waals surface area contributed by atoms with Crippen LogP contribution in [0.4, 0.5) is 0 Å². The van der Waals surface area contributed by atoms with Gasteiger partial charge in [0, 0.05) is 18.3 Å². The Morgan fingerprint density at radius 1 is 1.32 bits per heavy atom. The van der Waals surface area contributed by atoms with Crippen LogP contribution >= 0.6 is 0 Å². The predicted molar refractivity (Wildman–Crippen MR) is 79.4 cm³/mol. The minimum absolute atomic E-state index is 0.209. The van der Waals surface area contributed by atoms with E-state index in [9.17, 15) is 0 Å². The van der Waals surface area contributed by atoms with E-state index in [1.807, 2.05) is 18.8 Å². The van der Waals surface area contributed by atoms with Crippen molar-refractivity contribution in [3.05, 3.63) is 52.3 Å². The van der Waals surface area contributed by atoms with E-state index < -0.39 is 0 Å². The Morgan fingerprint density at radius 3 is 2.58 bits per heavy atom. The summed E-state index contributed by atoms with van der Waals surface area (Å²) in [5.74, 6) is 0. The van der Waals surface area contributed by atoms with Crippen LogP contribution in [0.3, 0.4) is 0 Å². The molecule has 1 atom stereocenters. The second kappa shape index (κ2) is 5.57. The van der Waals surface area contributed by atoms with Crippen LogP contribution in [0.25, 0.3) is 0 Å². The van der Waals surface area contributed by atoms with Gasteiger partial charge in [0.15, 0.2) is 0 Å². The smallest absolute Gasteiger partial charge is 0.0647 e. The number of nitrogens with zero attached hydrogens (tertiary/aromatic N) is 2. The number of aromatic nitrogens is 2. The highest BCUT2D eigenvalue weighted by Crippen LogP contribution is 2.27. The maximum Gasteiger partial charge on any atom is 0.0647 e. The average Bonchev–Trinajstić information content (AvgIpc) is 2.66. The van der Waals surface area contributed by atoms with Crippen molar-refractivity contribution in [3.63, 3.8) is 0 Å². The first-order valence-electron chi connectivity index (χ1n) is 6.84. The van der Waals surface area contributed by atoms with Gasteiger partial charge in [0.1, 0.15) is 0 Å². The molecule has 102 valence electrons. The molecule has 0 aliphatic carbocycles. The minimum Gasteiger partial charge on any atom is -0.309 e. The van der Waals surface area contributed by atoms with E-state index in [0.717, 1.165) is 12.1 Å². The van der Waals surface area contributed by atoms with E-state index >= 15 is 0 Å². The fourth-order valence-electron chi connectivity index (χ4n) is 2.68. The van der Waals surface area contributed by atoms with Crippen LogP contribution in [0, 0.1) is 13.8 Å². The Bertz CT molecular complexity index is 569. The third kappa shape index (κ3) is 2.56. The Balaban J connectivity index is 2.49. The molecule has 1 unspecified atom stereocenters. The summed E-state index contributed by atoms with van der Waals surface area (Å²) in [5.41, 5.74) is 6.29. The fourth-order valence-corrected chi connectivity index (χ4v) is 2.68. The van der Waals surface area contributed by atoms with E-state index in [-0.39, 0.29) is 6.04 Å². The van der Waals surface area contributed by atoms with E-state index in [0.29, 0.717) is 0 Å². The molecular formula is C16H23N3. The zero-order valence-electron chi connectivity index (χ0n) is 12.5. The summed E-state index contributed by atoms with van der Waals surface area (Å²) in [5, 5.41) is 7.95. The van der Waals surface area contributed by atoms with Crippen molar-refractivity contribution in [2.45, 2.75) is 33.2 Å². The molecule has 2 aromatic rings. The summed E-state index contributed by atoms with van der Waals surface area (Å²) >= 11 is 0. The van der Waals surface area contributed by atoms with Gasteiger partial charge in [0.05, 0.1) is 11.7 Å². The summed E-state index contributed by atoms with van der Waals surface area (Å²) in [6.07, 6.45) is 1.06. The number of hydrogen-bond donors (Lipinski definition) is 1. The first kappa shape index (κ1) is 13.8. The maximum absolute atomic E-state index is 4.52. The number of aryl methyl sites for hydroxylation is 3. The van der Waals surface area contributed by atoms with Crippen molar-refractivity contribution in [1.82, 2.24) is 15.1 Å². The van der Waals surface area contributed by atoms with Crippen LogP contribution in [0.5, 0.6) is 0 Å². The zero-order valence-corrected chi connectivity index (χ0v) is 12.5. The average molecular weight is 257 g/mol. The first-order valence-corrected chi connectivity index (χ1v) is 6.84. The minimum atomic E-state index is 0.209. The molecule has 3 nitrogen and oxygen atoms in total. The van der Waals surface area contributed by atoms with Crippen LogP contribution in [-0.2, 0) is 13.5 Å². The van der Waals surface area contributed by atoms with Crippen molar-refractivity contribution < 1.29 is 0 Å². The first-order chi connectivity index (χ1) is 9.08. The van der Waals surface area contributed by atoms with E-state index in [2.05, 4.69) is 55.5 Å². The molecule has 0 amide bonds. The summed E-state index contributed by atoms with van der Waals surface area (Å²) in [4.78, 5) is 0. The normalized spacial score (nSPS) is 12.7. The molecule has 19 heavy (non-hydrogen) atoms. The Labute approximate surface area is 115 Å². The van der Waals surface area contributed by atoms with Gasteiger partial charge in [0.2, 0.25) is 0 Å². The van der Waals surface area contributed by atoms with Gasteiger partial charge in [-0.25, -0.2) is 0 Å². The molecule has 0 fully saturated rings. The molecule has 1 aromatic heterocycles. The van der Waals surface area contributed by atoms with Crippen molar-refractivity contribution >= 4 is 0 Å². The Morgan fingerprint density at radius 2 is 2.05 bits per heavy atom. The lowest BCUT2D eigenvalue weighted by Gasteiger charge is -2.18. The lowest BCUT2D eigenvalue weighted by molar-refractivity contribution is 0.677. The van der Waals surface area contributed by atoms with Crippen LogP contribution in [0.2, 0.25) is 0 Å². The molecular weight excluding hydrogens is 234 g/mol. The standard InChI is InChI=1S/C16H23N3/c1-6-13-8-7-9-14(10-13)16(17-4)15-11(2)18-19(5)12(15)3/h7-10,16-17H,6H2,1-5H3. The summed E-state index contributed by atoms with van der Waals surface area (Å²) in [6.45, 7) is 6.40. The third-order valence-corrected chi connectivity index (χ3v) is 3.83. The molecule has 0 saturated heterocycles. The highest BCUT2D eigenvalue weighted by Gasteiger charge is 2.20. The lowest BCUT2D eigenvalue weighted by atomic mass is 9.95. The Kier molecular flexibility index (Phi) is 4.05. The highest BCUT2D eigenvalue weighted by atomic mass is 15.3. The van der Waals surface area contributed by atoms with Crippen LogP contribution in [0.15, 0.2) is 24.3 Å². The number of benzene rings is 1. The molecule has 0 radical (unpaired) electrons. The molecule has 2 rings (SSSR count). The molecule has 0 saturated carbocycles. The van der Waals surface area contributed by atoms with E-state index in [4.69, 9.17) is 0 Å². The van der Waals surface area contributed by atoms with Crippen molar-refractivity contribution in [2.24, 2.45) is 7.05 Å². The van der Waals surface area contributed by atoms with Crippen molar-refractivity contribution in [3.8, 4) is 0 Å². The molecule has 1 heterocycles. The monoisotopic (exact) mass is 257 g/mol. The summed E-state index contributed by atoms with van der Waals surface area (Å²) in [7, 11) is 4.01. The summed E-state index contributed by atoms with van der Waals surface area (Å²) < 4.78 is 1.96. The zero-order chi connectivity index (χ0) is 14.0. The van der Waals surface area contributed by atoms with Gasteiger partial charge in [-0.15, -0.1) is 0 Å². The van der Waals surface area contributed by atoms with E-state index in [1.165, 1.54) is 22.4 Å². The lowest BCUT2D eigenvalue weighted by Crippen LogP contribution is -2.19. The van der Waals surface area contributed by atoms with Gasteiger partial charge in [-0.05, 0) is 38.4 Å². The predicted octanol–water partition coefficient (Wildman–Crippen LogP) is 2.91. The van der Waals surface area contributed by atoms with Crippen LogP contribution < -0.4 is 5.32 Å². The molecule has 3 heteroatoms.